The van der Waals surface area contributed by atoms with Crippen molar-refractivity contribution >= 4 is 0 Å². The predicted octanol–water partition coefficient (Wildman–Crippen LogP) is 3.20. The summed E-state index contributed by atoms with van der Waals surface area (Å²) < 4.78 is 16.2. The molecular formula is C16H25NO3. The van der Waals surface area contributed by atoms with Gasteiger partial charge in [-0.15, -0.1) is 0 Å². The molecule has 2 rings (SSSR count). The maximum absolute atomic E-state index is 5.44. The van der Waals surface area contributed by atoms with E-state index >= 15 is 0 Å². The number of benzene rings is 1. The molecule has 0 aliphatic carbocycles. The van der Waals surface area contributed by atoms with Crippen molar-refractivity contribution in [2.24, 2.45) is 11.3 Å². The summed E-state index contributed by atoms with van der Waals surface area (Å²) in [4.78, 5) is 0. The van der Waals surface area contributed by atoms with Crippen molar-refractivity contribution in [2.75, 3.05) is 20.4 Å². The van der Waals surface area contributed by atoms with Crippen LogP contribution in [0.3, 0.4) is 0 Å². The van der Waals surface area contributed by atoms with Gasteiger partial charge in [-0.05, 0) is 29.0 Å². The Labute approximate surface area is 121 Å². The van der Waals surface area contributed by atoms with Crippen LogP contribution in [0.15, 0.2) is 12.1 Å². The van der Waals surface area contributed by atoms with Crippen LogP contribution in [-0.4, -0.2) is 20.4 Å². The second-order valence-electron chi connectivity index (χ2n) is 6.28. The molecule has 0 atom stereocenters. The molecule has 0 unspecified atom stereocenters. The second-order valence-corrected chi connectivity index (χ2v) is 6.28. The van der Waals surface area contributed by atoms with E-state index in [2.05, 4.69) is 33.0 Å². The summed E-state index contributed by atoms with van der Waals surface area (Å²) in [6.07, 6.45) is 0. The van der Waals surface area contributed by atoms with Gasteiger partial charge < -0.3 is 19.5 Å². The molecule has 0 fully saturated rings. The van der Waals surface area contributed by atoms with Gasteiger partial charge in [0.15, 0.2) is 11.5 Å². The topological polar surface area (TPSA) is 39.7 Å². The number of ether oxygens (including phenoxy) is 3. The zero-order valence-electron chi connectivity index (χ0n) is 13.1. The van der Waals surface area contributed by atoms with Crippen LogP contribution in [0.2, 0.25) is 0 Å². The van der Waals surface area contributed by atoms with Crippen molar-refractivity contribution < 1.29 is 14.2 Å². The van der Waals surface area contributed by atoms with Gasteiger partial charge in [0.05, 0.1) is 7.11 Å². The minimum Gasteiger partial charge on any atom is -0.493 e. The van der Waals surface area contributed by atoms with Crippen LogP contribution in [0.4, 0.5) is 0 Å². The molecule has 0 amide bonds. The minimum absolute atomic E-state index is 0.267. The number of fused-ring (bicyclic) bond motifs is 1. The third-order valence-corrected chi connectivity index (χ3v) is 4.19. The highest BCUT2D eigenvalue weighted by molar-refractivity contribution is 5.55. The van der Waals surface area contributed by atoms with Gasteiger partial charge in [-0.25, -0.2) is 0 Å². The van der Waals surface area contributed by atoms with Gasteiger partial charge in [0.25, 0.3) is 0 Å². The van der Waals surface area contributed by atoms with E-state index < -0.39 is 0 Å². The van der Waals surface area contributed by atoms with E-state index in [1.54, 1.807) is 7.11 Å². The number of hydrogen-bond donors (Lipinski definition) is 1. The first-order valence-corrected chi connectivity index (χ1v) is 7.11. The molecule has 0 spiro atoms. The normalized spacial score (nSPS) is 13.9. The van der Waals surface area contributed by atoms with Gasteiger partial charge in [-0.1, -0.05) is 27.7 Å². The fourth-order valence-corrected chi connectivity index (χ4v) is 2.02. The number of nitrogens with one attached hydrogen (secondary N) is 1. The Hall–Kier alpha value is -1.42. The standard InChI is InChI=1S/C16H25NO3/c1-11(2)16(3,4)9-17-8-12-6-13(18-5)15-14(7-12)19-10-20-15/h6-7,11,17H,8-10H2,1-5H3. The Bertz CT molecular complexity index is 469. The van der Waals surface area contributed by atoms with Crippen molar-refractivity contribution in [3.8, 4) is 17.2 Å². The van der Waals surface area contributed by atoms with Gasteiger partial charge in [0, 0.05) is 13.1 Å². The molecule has 1 heterocycles. The van der Waals surface area contributed by atoms with E-state index in [1.807, 2.05) is 12.1 Å². The van der Waals surface area contributed by atoms with Crippen LogP contribution in [0, 0.1) is 11.3 Å². The van der Waals surface area contributed by atoms with E-state index in [1.165, 1.54) is 0 Å². The van der Waals surface area contributed by atoms with E-state index in [4.69, 9.17) is 14.2 Å². The summed E-state index contributed by atoms with van der Waals surface area (Å²) in [7, 11) is 1.65. The highest BCUT2D eigenvalue weighted by Crippen LogP contribution is 2.41. The monoisotopic (exact) mass is 279 g/mol. The summed E-state index contributed by atoms with van der Waals surface area (Å²) in [5, 5.41) is 3.51. The lowest BCUT2D eigenvalue weighted by molar-refractivity contribution is 0.171. The molecular weight excluding hydrogens is 254 g/mol. The smallest absolute Gasteiger partial charge is 0.231 e. The lowest BCUT2D eigenvalue weighted by atomic mass is 9.81. The Kier molecular flexibility index (Phi) is 4.43. The van der Waals surface area contributed by atoms with Crippen LogP contribution in [0.5, 0.6) is 17.2 Å². The summed E-state index contributed by atoms with van der Waals surface area (Å²) in [5.41, 5.74) is 1.42. The minimum atomic E-state index is 0.267. The first-order valence-electron chi connectivity index (χ1n) is 7.11. The Morgan fingerprint density at radius 3 is 2.70 bits per heavy atom. The molecule has 4 heteroatoms. The summed E-state index contributed by atoms with van der Waals surface area (Å²) >= 11 is 0. The fourth-order valence-electron chi connectivity index (χ4n) is 2.02. The van der Waals surface area contributed by atoms with E-state index in [0.717, 1.165) is 30.2 Å². The SMILES string of the molecule is COc1cc(CNCC(C)(C)C(C)C)cc2c1OCO2. The average molecular weight is 279 g/mol. The van der Waals surface area contributed by atoms with Gasteiger partial charge in [0.2, 0.25) is 12.5 Å². The van der Waals surface area contributed by atoms with E-state index in [-0.39, 0.29) is 12.2 Å². The molecule has 1 aromatic rings. The zero-order chi connectivity index (χ0) is 14.8. The Morgan fingerprint density at radius 2 is 2.05 bits per heavy atom. The van der Waals surface area contributed by atoms with E-state index in [9.17, 15) is 0 Å². The third kappa shape index (κ3) is 3.18. The van der Waals surface area contributed by atoms with Crippen molar-refractivity contribution in [1.29, 1.82) is 0 Å². The van der Waals surface area contributed by atoms with Crippen LogP contribution >= 0.6 is 0 Å². The molecule has 1 aromatic carbocycles. The lowest BCUT2D eigenvalue weighted by Crippen LogP contribution is -2.33. The Balaban J connectivity index is 2.01. The largest absolute Gasteiger partial charge is 0.493 e. The molecule has 0 bridgehead atoms. The highest BCUT2D eigenvalue weighted by Gasteiger charge is 2.22. The van der Waals surface area contributed by atoms with Crippen LogP contribution in [-0.2, 0) is 6.54 Å². The maximum Gasteiger partial charge on any atom is 0.231 e. The van der Waals surface area contributed by atoms with Crippen molar-refractivity contribution in [1.82, 2.24) is 5.32 Å². The third-order valence-electron chi connectivity index (χ3n) is 4.19. The first-order chi connectivity index (χ1) is 9.44. The average Bonchev–Trinajstić information content (AvgIpc) is 2.85. The van der Waals surface area contributed by atoms with Crippen LogP contribution in [0.1, 0.15) is 33.3 Å². The first kappa shape index (κ1) is 15.0. The van der Waals surface area contributed by atoms with Crippen molar-refractivity contribution in [3.63, 3.8) is 0 Å². The number of methoxy groups -OCH3 is 1. The molecule has 1 N–H and O–H groups in total. The summed E-state index contributed by atoms with van der Waals surface area (Å²) in [6, 6.07) is 4.02. The molecule has 1 aliphatic rings. The van der Waals surface area contributed by atoms with Crippen molar-refractivity contribution in [3.05, 3.63) is 17.7 Å². The molecule has 0 radical (unpaired) electrons. The number of rotatable bonds is 6. The molecule has 20 heavy (non-hydrogen) atoms. The van der Waals surface area contributed by atoms with E-state index in [0.29, 0.717) is 11.7 Å². The zero-order valence-corrected chi connectivity index (χ0v) is 13.1. The quantitative estimate of drug-likeness (QED) is 0.868. The lowest BCUT2D eigenvalue weighted by Gasteiger charge is -2.29. The molecule has 1 aliphatic heterocycles. The highest BCUT2D eigenvalue weighted by atomic mass is 16.7. The fraction of sp³-hybridized carbons (Fsp3) is 0.625. The van der Waals surface area contributed by atoms with Crippen LogP contribution < -0.4 is 19.5 Å². The molecule has 4 nitrogen and oxygen atoms in total. The molecule has 0 saturated heterocycles. The van der Waals surface area contributed by atoms with Crippen LogP contribution in [0.25, 0.3) is 0 Å². The Morgan fingerprint density at radius 1 is 1.30 bits per heavy atom. The maximum atomic E-state index is 5.44. The molecule has 112 valence electrons. The summed E-state index contributed by atoms with van der Waals surface area (Å²) in [5.74, 6) is 2.85. The number of hydrogen-bond acceptors (Lipinski definition) is 4. The molecule has 0 saturated carbocycles. The summed E-state index contributed by atoms with van der Waals surface area (Å²) in [6.45, 7) is 11.1. The van der Waals surface area contributed by atoms with Gasteiger partial charge in [0.1, 0.15) is 0 Å². The second kappa shape index (κ2) is 5.92. The van der Waals surface area contributed by atoms with Gasteiger partial charge in [-0.3, -0.25) is 0 Å². The molecule has 0 aromatic heterocycles. The predicted molar refractivity (Wildman–Crippen MR) is 79.4 cm³/mol. The van der Waals surface area contributed by atoms with Gasteiger partial charge in [-0.2, -0.15) is 0 Å². The van der Waals surface area contributed by atoms with Gasteiger partial charge >= 0.3 is 0 Å². The van der Waals surface area contributed by atoms with Crippen molar-refractivity contribution in [2.45, 2.75) is 34.2 Å².